The highest BCUT2D eigenvalue weighted by molar-refractivity contribution is 8.03. The number of unbranched alkanes of at least 4 members (excludes halogenated alkanes) is 14. The van der Waals surface area contributed by atoms with Gasteiger partial charge < -0.3 is 10.0 Å². The molecule has 0 spiro atoms. The highest BCUT2D eigenvalue weighted by Gasteiger charge is 2.36. The van der Waals surface area contributed by atoms with Crippen LogP contribution in [0.2, 0.25) is 0 Å². The number of aliphatic hydroxyl groups is 1. The zero-order valence-corrected chi connectivity index (χ0v) is 29.7. The minimum Gasteiger partial charge on any atom is -0.506 e. The Morgan fingerprint density at radius 1 is 0.783 bits per heavy atom. The van der Waals surface area contributed by atoms with Crippen LogP contribution in [0.3, 0.4) is 0 Å². The molecule has 46 heavy (non-hydrogen) atoms. The number of aliphatic hydroxyl groups excluding tert-OH is 1. The number of carbonyl (C=O) groups is 1. The van der Waals surface area contributed by atoms with Gasteiger partial charge in [0.2, 0.25) is 5.78 Å². The van der Waals surface area contributed by atoms with Crippen LogP contribution in [0, 0.1) is 0 Å². The molecule has 0 atom stereocenters. The van der Waals surface area contributed by atoms with Crippen LogP contribution >= 0.6 is 23.1 Å². The molecule has 1 N–H and O–H groups in total. The number of aromatic nitrogens is 1. The summed E-state index contributed by atoms with van der Waals surface area (Å²) in [6, 6.07) is 13.0. The third kappa shape index (κ3) is 8.74. The highest BCUT2D eigenvalue weighted by atomic mass is 32.2. The van der Waals surface area contributed by atoms with Gasteiger partial charge in [-0.25, -0.2) is 0 Å². The van der Waals surface area contributed by atoms with Crippen LogP contribution in [-0.4, -0.2) is 17.4 Å². The largest absolute Gasteiger partial charge is 0.506 e. The Morgan fingerprint density at radius 3 is 2.13 bits per heavy atom. The van der Waals surface area contributed by atoms with E-state index in [0.717, 1.165) is 36.0 Å². The lowest BCUT2D eigenvalue weighted by Crippen LogP contribution is -2.34. The van der Waals surface area contributed by atoms with E-state index >= 15 is 0 Å². The van der Waals surface area contributed by atoms with Gasteiger partial charge in [-0.1, -0.05) is 151 Å². The van der Waals surface area contributed by atoms with Crippen molar-refractivity contribution >= 4 is 51.4 Å². The van der Waals surface area contributed by atoms with Crippen LogP contribution in [0.5, 0.6) is 0 Å². The fourth-order valence-electron chi connectivity index (χ4n) is 6.60. The number of hydrogen-bond donors (Lipinski definition) is 1. The summed E-state index contributed by atoms with van der Waals surface area (Å²) in [4.78, 5) is 17.1. The molecular weight excluding hydrogens is 605 g/mol. The average molecular weight is 658 g/mol. The maximum atomic E-state index is 13.4. The van der Waals surface area contributed by atoms with Crippen molar-refractivity contribution in [2.45, 2.75) is 128 Å². The van der Waals surface area contributed by atoms with E-state index in [1.165, 1.54) is 111 Å². The fraction of sp³-hybridized carbons (Fsp3) is 0.500. The first-order valence-electron chi connectivity index (χ1n) is 18.0. The lowest BCUT2D eigenvalue weighted by molar-refractivity contribution is -0.694. The zero-order valence-electron chi connectivity index (χ0n) is 28.1. The molecule has 1 aromatic heterocycles. The van der Waals surface area contributed by atoms with Gasteiger partial charge in [0.25, 0.3) is 5.01 Å². The van der Waals surface area contributed by atoms with E-state index in [-0.39, 0.29) is 11.5 Å². The van der Waals surface area contributed by atoms with E-state index in [1.807, 2.05) is 12.2 Å². The number of anilines is 1. The Morgan fingerprint density at radius 2 is 1.43 bits per heavy atom. The van der Waals surface area contributed by atoms with Gasteiger partial charge in [0.1, 0.15) is 12.3 Å². The van der Waals surface area contributed by atoms with Crippen molar-refractivity contribution in [1.82, 2.24) is 0 Å². The van der Waals surface area contributed by atoms with Crippen LogP contribution in [-0.2, 0) is 11.3 Å². The molecule has 4 nitrogen and oxygen atoms in total. The van der Waals surface area contributed by atoms with Crippen LogP contribution < -0.4 is 9.47 Å². The Balaban J connectivity index is 1.26. The van der Waals surface area contributed by atoms with E-state index in [1.54, 1.807) is 23.1 Å². The summed E-state index contributed by atoms with van der Waals surface area (Å²) < 4.78 is 2.23. The first-order valence-corrected chi connectivity index (χ1v) is 19.7. The van der Waals surface area contributed by atoms with Gasteiger partial charge in [0.05, 0.1) is 27.2 Å². The zero-order chi connectivity index (χ0) is 32.1. The van der Waals surface area contributed by atoms with Crippen LogP contribution in [0.4, 0.5) is 5.69 Å². The average Bonchev–Trinajstić information content (AvgIpc) is 3.68. The maximum Gasteiger partial charge on any atom is 0.262 e. The third-order valence-corrected chi connectivity index (χ3v) is 11.3. The number of thioether (sulfide) groups is 1. The van der Waals surface area contributed by atoms with Crippen LogP contribution in [0.15, 0.2) is 80.9 Å². The predicted molar refractivity (Wildman–Crippen MR) is 198 cm³/mol. The number of allylic oxidation sites excluding steroid dienone is 3. The standard InChI is InChI=1S/C40H52N2O2S2/c1-3-5-7-9-11-13-15-19-25-41-27-28-45-36(41)29-33-39(43)34(40(33)44)30-37-42(26-20-16-14-12-10-8-6-4-2)38-32-22-18-17-21-31(32)23-24-35(38)46-37/h17-18,21-24,27-30H,3-16,19-20,25-26H2,1-2H3/p+1. The van der Waals surface area contributed by atoms with Gasteiger partial charge >= 0.3 is 0 Å². The van der Waals surface area contributed by atoms with Crippen molar-refractivity contribution in [2.24, 2.45) is 0 Å². The van der Waals surface area contributed by atoms with E-state index in [0.29, 0.717) is 11.1 Å². The summed E-state index contributed by atoms with van der Waals surface area (Å²) in [5, 5.41) is 17.7. The second kappa shape index (κ2) is 17.9. The maximum absolute atomic E-state index is 13.4. The number of benzene rings is 2. The van der Waals surface area contributed by atoms with Gasteiger partial charge in [-0.15, -0.1) is 0 Å². The molecule has 3 aromatic rings. The Hall–Kier alpha value is -2.83. The van der Waals surface area contributed by atoms with Gasteiger partial charge in [-0.3, -0.25) is 4.79 Å². The third-order valence-electron chi connectivity index (χ3n) is 9.35. The number of aryl methyl sites for hydroxylation is 1. The number of ketones is 1. The number of nitrogens with zero attached hydrogens (tertiary/aromatic N) is 2. The Bertz CT molecular complexity index is 1550. The first kappa shape index (κ1) is 34.5. The van der Waals surface area contributed by atoms with Crippen LogP contribution in [0.25, 0.3) is 16.8 Å². The van der Waals surface area contributed by atoms with E-state index in [9.17, 15) is 9.90 Å². The summed E-state index contributed by atoms with van der Waals surface area (Å²) in [6.07, 6.45) is 26.5. The van der Waals surface area contributed by atoms with Crippen molar-refractivity contribution < 1.29 is 14.5 Å². The molecule has 0 bridgehead atoms. The molecule has 1 aliphatic carbocycles. The molecule has 0 fully saturated rings. The molecule has 6 heteroatoms. The van der Waals surface area contributed by atoms with Crippen molar-refractivity contribution in [3.8, 4) is 0 Å². The number of rotatable bonds is 20. The molecule has 0 saturated carbocycles. The quantitative estimate of drug-likeness (QED) is 0.0746. The molecule has 0 saturated heterocycles. The fourth-order valence-corrected chi connectivity index (χ4v) is 8.57. The SMILES string of the molecule is CCCCCCCCCCN1C(=CC2=C(O)C(=Cc3scc[n+]3CCCCCCCCCC)C2=O)Sc2ccc3ccccc3c21. The lowest BCUT2D eigenvalue weighted by Gasteiger charge is -2.24. The molecule has 0 unspecified atom stereocenters. The minimum atomic E-state index is -0.0644. The smallest absolute Gasteiger partial charge is 0.262 e. The molecule has 2 aliphatic rings. The number of hydrogen-bond acceptors (Lipinski definition) is 5. The minimum absolute atomic E-state index is 0.0644. The summed E-state index contributed by atoms with van der Waals surface area (Å²) in [7, 11) is 0. The van der Waals surface area contributed by atoms with Gasteiger partial charge in [0.15, 0.2) is 6.20 Å². The molecule has 5 rings (SSSR count). The molecular formula is C40H53N2O2S2+. The number of carbonyl (C=O) groups excluding carboxylic acids is 1. The molecule has 0 amide bonds. The predicted octanol–water partition coefficient (Wildman–Crippen LogP) is 11.7. The normalized spacial score (nSPS) is 16.3. The monoisotopic (exact) mass is 657 g/mol. The Labute approximate surface area is 285 Å². The van der Waals surface area contributed by atoms with Crippen molar-refractivity contribution in [2.75, 3.05) is 11.4 Å². The highest BCUT2D eigenvalue weighted by Crippen LogP contribution is 2.50. The van der Waals surface area contributed by atoms with E-state index < -0.39 is 0 Å². The van der Waals surface area contributed by atoms with Crippen molar-refractivity contribution in [3.63, 3.8) is 0 Å². The topological polar surface area (TPSA) is 44.4 Å². The van der Waals surface area contributed by atoms with Gasteiger partial charge in [0, 0.05) is 29.3 Å². The van der Waals surface area contributed by atoms with Crippen molar-refractivity contribution in [1.29, 1.82) is 0 Å². The molecule has 1 aliphatic heterocycles. The molecule has 2 heterocycles. The second-order valence-electron chi connectivity index (χ2n) is 12.9. The summed E-state index contributed by atoms with van der Waals surface area (Å²) >= 11 is 3.34. The molecule has 246 valence electrons. The van der Waals surface area contributed by atoms with Gasteiger partial charge in [-0.2, -0.15) is 4.57 Å². The molecule has 2 aromatic carbocycles. The first-order chi connectivity index (χ1) is 22.6. The number of thiazole rings is 1. The summed E-state index contributed by atoms with van der Waals surface area (Å²) in [5.41, 5.74) is 2.10. The molecule has 0 radical (unpaired) electrons. The van der Waals surface area contributed by atoms with E-state index in [4.69, 9.17) is 0 Å². The summed E-state index contributed by atoms with van der Waals surface area (Å²) in [6.45, 7) is 6.39. The van der Waals surface area contributed by atoms with Crippen LogP contribution in [0.1, 0.15) is 122 Å². The van der Waals surface area contributed by atoms with E-state index in [2.05, 4.69) is 71.3 Å². The van der Waals surface area contributed by atoms with Crippen molar-refractivity contribution in [3.05, 3.63) is 81.0 Å². The second-order valence-corrected chi connectivity index (χ2v) is 14.9. The lowest BCUT2D eigenvalue weighted by atomic mass is 9.88. The number of Topliss-reactive ketones (excluding diaryl/α,β-unsaturated/α-hetero) is 1. The summed E-state index contributed by atoms with van der Waals surface area (Å²) in [5.74, 6) is 0.0587. The van der Waals surface area contributed by atoms with Gasteiger partial charge in [-0.05, 0) is 30.4 Å². The Kier molecular flexibility index (Phi) is 13.4. The number of fused-ring (bicyclic) bond motifs is 3.